The van der Waals surface area contributed by atoms with Gasteiger partial charge in [0.1, 0.15) is 10.8 Å². The number of anilines is 2. The Morgan fingerprint density at radius 2 is 1.87 bits per heavy atom. The average molecular weight is 336 g/mol. The summed E-state index contributed by atoms with van der Waals surface area (Å²) in [5.74, 6) is -1.61. The molecule has 0 radical (unpaired) electrons. The smallest absolute Gasteiger partial charge is 0.317 e. The van der Waals surface area contributed by atoms with Crippen molar-refractivity contribution in [3.8, 4) is 0 Å². The van der Waals surface area contributed by atoms with Gasteiger partial charge in [0.2, 0.25) is 5.91 Å². The van der Waals surface area contributed by atoms with Crippen molar-refractivity contribution < 1.29 is 18.8 Å². The van der Waals surface area contributed by atoms with Crippen LogP contribution in [-0.4, -0.2) is 17.8 Å². The van der Waals surface area contributed by atoms with Gasteiger partial charge in [0.15, 0.2) is 0 Å². The van der Waals surface area contributed by atoms with Crippen LogP contribution < -0.4 is 22.1 Å². The monoisotopic (exact) mass is 336 g/mol. The largest absolute Gasteiger partial charge is 0.366 e. The summed E-state index contributed by atoms with van der Waals surface area (Å²) in [6.07, 6.45) is -0.0415. The van der Waals surface area contributed by atoms with Crippen LogP contribution in [0.2, 0.25) is 0 Å². The lowest BCUT2D eigenvalue weighted by atomic mass is 10.1. The van der Waals surface area contributed by atoms with E-state index in [1.165, 1.54) is 24.3 Å². The summed E-state index contributed by atoms with van der Waals surface area (Å²) >= 11 is 0.939. The molecule has 0 unspecified atom stereocenters. The number of nitrogens with one attached hydrogen (secondary N) is 2. The Hall–Kier alpha value is -2.94. The van der Waals surface area contributed by atoms with Gasteiger partial charge in [0.05, 0.1) is 17.0 Å². The average Bonchev–Trinajstić information content (AvgIpc) is 2.80. The molecule has 0 spiro atoms. The molecule has 2 rings (SSSR count). The molecule has 0 saturated heterocycles. The lowest BCUT2D eigenvalue weighted by Gasteiger charge is -2.02. The Bertz CT molecular complexity index is 775. The molecule has 1 aromatic heterocycles. The molecule has 1 heterocycles. The first kappa shape index (κ1) is 16.4. The number of thiophene rings is 1. The molecular weight excluding hydrogens is 323 g/mol. The number of rotatable bonds is 5. The van der Waals surface area contributed by atoms with E-state index in [2.05, 4.69) is 10.6 Å². The molecule has 2 aromatic rings. The van der Waals surface area contributed by atoms with E-state index in [0.29, 0.717) is 10.6 Å². The zero-order valence-corrected chi connectivity index (χ0v) is 12.6. The molecule has 9 heteroatoms. The normalized spacial score (nSPS) is 10.1. The first-order chi connectivity index (χ1) is 10.8. The van der Waals surface area contributed by atoms with Crippen LogP contribution in [0.3, 0.4) is 0 Å². The summed E-state index contributed by atoms with van der Waals surface area (Å²) in [7, 11) is 0. The summed E-state index contributed by atoms with van der Waals surface area (Å²) in [4.78, 5) is 34.2. The molecule has 1 aromatic carbocycles. The molecule has 0 aliphatic heterocycles. The highest BCUT2D eigenvalue weighted by molar-refractivity contribution is 7.20. The fraction of sp³-hybridized carbons (Fsp3) is 0.0714. The summed E-state index contributed by atoms with van der Waals surface area (Å²) in [6.45, 7) is 0. The molecule has 7 nitrogen and oxygen atoms in total. The molecule has 23 heavy (non-hydrogen) atoms. The maximum atomic E-state index is 13.1. The van der Waals surface area contributed by atoms with E-state index in [-0.39, 0.29) is 17.0 Å². The third kappa shape index (κ3) is 4.51. The minimum absolute atomic E-state index is 0.0369. The van der Waals surface area contributed by atoms with Gasteiger partial charge in [-0.25, -0.2) is 9.18 Å². The van der Waals surface area contributed by atoms with Crippen molar-refractivity contribution in [1.82, 2.24) is 0 Å². The number of carbonyl (C=O) groups excluding carboxylic acids is 3. The summed E-state index contributed by atoms with van der Waals surface area (Å²) < 4.78 is 13.1. The summed E-state index contributed by atoms with van der Waals surface area (Å²) in [5, 5.41) is 5.27. The molecule has 0 saturated carbocycles. The van der Waals surface area contributed by atoms with Gasteiger partial charge in [-0.1, -0.05) is 23.5 Å². The highest BCUT2D eigenvalue weighted by atomic mass is 32.1. The first-order valence-corrected chi connectivity index (χ1v) is 7.21. The number of carbonyl (C=O) groups is 3. The molecule has 0 aliphatic rings. The second-order valence-electron chi connectivity index (χ2n) is 4.56. The Balaban J connectivity index is 2.11. The van der Waals surface area contributed by atoms with Crippen molar-refractivity contribution in [2.24, 2.45) is 11.5 Å². The third-order valence-electron chi connectivity index (χ3n) is 2.75. The van der Waals surface area contributed by atoms with Gasteiger partial charge in [-0.05, 0) is 23.8 Å². The van der Waals surface area contributed by atoms with Crippen molar-refractivity contribution in [2.45, 2.75) is 6.42 Å². The minimum atomic E-state index is -0.855. The number of nitrogens with two attached hydrogens (primary N) is 2. The van der Waals surface area contributed by atoms with Crippen molar-refractivity contribution >= 4 is 39.2 Å². The van der Waals surface area contributed by atoms with Crippen molar-refractivity contribution in [3.05, 3.63) is 47.3 Å². The quantitative estimate of drug-likeness (QED) is 0.663. The number of halogens is 1. The fourth-order valence-corrected chi connectivity index (χ4v) is 2.84. The van der Waals surface area contributed by atoms with Crippen LogP contribution in [0.1, 0.15) is 15.9 Å². The highest BCUT2D eigenvalue weighted by Crippen LogP contribution is 2.32. The number of benzene rings is 1. The number of amides is 4. The number of hydrogen-bond donors (Lipinski definition) is 4. The second kappa shape index (κ2) is 6.88. The van der Waals surface area contributed by atoms with Crippen LogP contribution in [0.25, 0.3) is 0 Å². The van der Waals surface area contributed by atoms with Crippen LogP contribution in [0.15, 0.2) is 30.3 Å². The van der Waals surface area contributed by atoms with Crippen molar-refractivity contribution in [1.29, 1.82) is 0 Å². The third-order valence-corrected chi connectivity index (χ3v) is 3.72. The van der Waals surface area contributed by atoms with Gasteiger partial charge in [-0.3, -0.25) is 14.9 Å². The van der Waals surface area contributed by atoms with Crippen LogP contribution >= 0.6 is 11.3 Å². The maximum absolute atomic E-state index is 13.1. The predicted octanol–water partition coefficient (Wildman–Crippen LogP) is 1.66. The van der Waals surface area contributed by atoms with Gasteiger partial charge >= 0.3 is 6.03 Å². The van der Waals surface area contributed by atoms with Crippen LogP contribution in [-0.2, 0) is 11.2 Å². The zero-order chi connectivity index (χ0) is 17.0. The zero-order valence-electron chi connectivity index (χ0n) is 11.8. The molecule has 0 atom stereocenters. The Labute approximate surface area is 134 Å². The molecule has 120 valence electrons. The van der Waals surface area contributed by atoms with Gasteiger partial charge in [0, 0.05) is 0 Å². The van der Waals surface area contributed by atoms with Crippen molar-refractivity contribution in [3.63, 3.8) is 0 Å². The Morgan fingerprint density at radius 3 is 2.48 bits per heavy atom. The molecular formula is C14H13FN4O3S. The number of hydrogen-bond acceptors (Lipinski definition) is 4. The van der Waals surface area contributed by atoms with Crippen LogP contribution in [0.5, 0.6) is 0 Å². The minimum Gasteiger partial charge on any atom is -0.366 e. The van der Waals surface area contributed by atoms with Crippen LogP contribution in [0.4, 0.5) is 19.2 Å². The standard InChI is InChI=1S/C14H13FN4O3S/c15-8-3-1-2-7(4-8)5-10(20)18-11-6-9(12(16)21)13(23-11)19-14(17)22/h1-4,6H,5H2,(H2,16,21)(H,18,20)(H3,17,19,22). The molecule has 6 N–H and O–H groups in total. The van der Waals surface area contributed by atoms with E-state index < -0.39 is 23.7 Å². The highest BCUT2D eigenvalue weighted by Gasteiger charge is 2.16. The predicted molar refractivity (Wildman–Crippen MR) is 84.8 cm³/mol. The fourth-order valence-electron chi connectivity index (χ4n) is 1.85. The molecule has 4 amide bonds. The number of urea groups is 1. The van der Waals surface area contributed by atoms with Gasteiger partial charge in [-0.2, -0.15) is 0 Å². The Kier molecular flexibility index (Phi) is 4.91. The Morgan fingerprint density at radius 1 is 1.13 bits per heavy atom. The molecule has 0 fully saturated rings. The van der Waals surface area contributed by atoms with E-state index in [4.69, 9.17) is 11.5 Å². The van der Waals surface area contributed by atoms with Crippen molar-refractivity contribution in [2.75, 3.05) is 10.6 Å². The van der Waals surface area contributed by atoms with Gasteiger partial charge in [0.25, 0.3) is 5.91 Å². The van der Waals surface area contributed by atoms with Crippen LogP contribution in [0, 0.1) is 5.82 Å². The molecule has 0 aliphatic carbocycles. The topological polar surface area (TPSA) is 127 Å². The summed E-state index contributed by atoms with van der Waals surface area (Å²) in [5.41, 5.74) is 10.7. The first-order valence-electron chi connectivity index (χ1n) is 6.39. The van der Waals surface area contributed by atoms with E-state index in [0.717, 1.165) is 11.3 Å². The van der Waals surface area contributed by atoms with E-state index >= 15 is 0 Å². The molecule has 0 bridgehead atoms. The van der Waals surface area contributed by atoms with E-state index in [9.17, 15) is 18.8 Å². The lowest BCUT2D eigenvalue weighted by Crippen LogP contribution is -2.21. The van der Waals surface area contributed by atoms with E-state index in [1.807, 2.05) is 0 Å². The second-order valence-corrected chi connectivity index (χ2v) is 5.61. The lowest BCUT2D eigenvalue weighted by molar-refractivity contribution is -0.115. The van der Waals surface area contributed by atoms with Gasteiger partial charge in [-0.15, -0.1) is 0 Å². The van der Waals surface area contributed by atoms with Gasteiger partial charge < -0.3 is 16.8 Å². The maximum Gasteiger partial charge on any atom is 0.317 e. The van der Waals surface area contributed by atoms with E-state index in [1.54, 1.807) is 6.07 Å². The summed E-state index contributed by atoms with van der Waals surface area (Å²) in [6, 6.07) is 6.13. The number of primary amides is 2. The SMILES string of the molecule is NC(=O)Nc1sc(NC(=O)Cc2cccc(F)c2)cc1C(N)=O.